The number of nitrogens with one attached hydrogen (secondary N) is 2. The third kappa shape index (κ3) is 3.24. The number of aromatic carboxylic acids is 1. The average Bonchev–Trinajstić information content (AvgIpc) is 2.75. The molecule has 1 saturated carbocycles. The Bertz CT molecular complexity index is 487. The summed E-state index contributed by atoms with van der Waals surface area (Å²) in [5.41, 5.74) is 0.412. The van der Waals surface area contributed by atoms with Gasteiger partial charge in [-0.05, 0) is 30.9 Å². The fourth-order valence-electron chi connectivity index (χ4n) is 2.47. The van der Waals surface area contributed by atoms with Crippen molar-refractivity contribution in [2.24, 2.45) is 5.92 Å². The van der Waals surface area contributed by atoms with Crippen LogP contribution in [0, 0.1) is 5.92 Å². The van der Waals surface area contributed by atoms with Gasteiger partial charge in [-0.1, -0.05) is 25.5 Å². The Labute approximate surface area is 112 Å². The minimum atomic E-state index is -1.05. The maximum Gasteiger partial charge on any atom is 0.337 e. The SMILES string of the molecule is CC1CCCC1NC(=O)Nc1ccccc1C(=O)O. The van der Waals surface area contributed by atoms with Gasteiger partial charge in [0.1, 0.15) is 0 Å². The number of benzene rings is 1. The zero-order valence-corrected chi connectivity index (χ0v) is 10.8. The lowest BCUT2D eigenvalue weighted by atomic mass is 10.1. The first-order chi connectivity index (χ1) is 9.08. The van der Waals surface area contributed by atoms with Gasteiger partial charge in [-0.25, -0.2) is 9.59 Å². The predicted octanol–water partition coefficient (Wildman–Crippen LogP) is 2.69. The third-order valence-corrected chi connectivity index (χ3v) is 3.58. The van der Waals surface area contributed by atoms with Gasteiger partial charge >= 0.3 is 12.0 Å². The topological polar surface area (TPSA) is 78.4 Å². The highest BCUT2D eigenvalue weighted by atomic mass is 16.4. The molecule has 5 nitrogen and oxygen atoms in total. The van der Waals surface area contributed by atoms with Crippen LogP contribution in [0.25, 0.3) is 0 Å². The van der Waals surface area contributed by atoms with Gasteiger partial charge in [0.05, 0.1) is 11.3 Å². The summed E-state index contributed by atoms with van der Waals surface area (Å²) in [6.07, 6.45) is 3.23. The number of urea groups is 1. The van der Waals surface area contributed by atoms with Gasteiger partial charge in [-0.3, -0.25) is 0 Å². The standard InChI is InChI=1S/C14H18N2O3/c1-9-5-4-8-11(9)15-14(19)16-12-7-3-2-6-10(12)13(17)18/h2-3,6-7,9,11H,4-5,8H2,1H3,(H,17,18)(H2,15,16,19). The van der Waals surface area contributed by atoms with Gasteiger partial charge in [0, 0.05) is 6.04 Å². The molecular weight excluding hydrogens is 244 g/mol. The van der Waals surface area contributed by atoms with Crippen LogP contribution in [0.2, 0.25) is 0 Å². The van der Waals surface area contributed by atoms with Crippen LogP contribution in [0.1, 0.15) is 36.5 Å². The van der Waals surface area contributed by atoms with Crippen molar-refractivity contribution in [1.29, 1.82) is 0 Å². The second kappa shape index (κ2) is 5.73. The molecule has 1 aromatic rings. The van der Waals surface area contributed by atoms with E-state index < -0.39 is 5.97 Å². The predicted molar refractivity (Wildman–Crippen MR) is 72.4 cm³/mol. The van der Waals surface area contributed by atoms with E-state index in [-0.39, 0.29) is 17.6 Å². The lowest BCUT2D eigenvalue weighted by molar-refractivity contribution is 0.0698. The summed E-state index contributed by atoms with van der Waals surface area (Å²) >= 11 is 0. The number of carbonyl (C=O) groups is 2. The molecule has 19 heavy (non-hydrogen) atoms. The van der Waals surface area contributed by atoms with Crippen LogP contribution in [0.5, 0.6) is 0 Å². The number of rotatable bonds is 3. The molecule has 2 atom stereocenters. The Hall–Kier alpha value is -2.04. The number of amides is 2. The van der Waals surface area contributed by atoms with Crippen molar-refractivity contribution in [3.05, 3.63) is 29.8 Å². The normalized spacial score (nSPS) is 21.9. The van der Waals surface area contributed by atoms with Crippen LogP contribution in [-0.2, 0) is 0 Å². The quantitative estimate of drug-likeness (QED) is 0.783. The largest absolute Gasteiger partial charge is 0.478 e. The van der Waals surface area contributed by atoms with E-state index in [0.717, 1.165) is 19.3 Å². The van der Waals surface area contributed by atoms with E-state index in [1.165, 1.54) is 6.07 Å². The molecule has 1 aliphatic carbocycles. The molecular formula is C14H18N2O3. The van der Waals surface area contributed by atoms with E-state index in [9.17, 15) is 9.59 Å². The average molecular weight is 262 g/mol. The molecule has 0 spiro atoms. The van der Waals surface area contributed by atoms with Crippen molar-refractivity contribution in [3.63, 3.8) is 0 Å². The van der Waals surface area contributed by atoms with Gasteiger partial charge in [0.25, 0.3) is 0 Å². The Morgan fingerprint density at radius 3 is 2.63 bits per heavy atom. The highest BCUT2D eigenvalue weighted by Crippen LogP contribution is 2.25. The van der Waals surface area contributed by atoms with Crippen molar-refractivity contribution >= 4 is 17.7 Å². The van der Waals surface area contributed by atoms with E-state index >= 15 is 0 Å². The molecule has 0 aromatic heterocycles. The van der Waals surface area contributed by atoms with Crippen LogP contribution < -0.4 is 10.6 Å². The van der Waals surface area contributed by atoms with Crippen molar-refractivity contribution in [3.8, 4) is 0 Å². The molecule has 1 fully saturated rings. The molecule has 2 unspecified atom stereocenters. The van der Waals surface area contributed by atoms with Crippen molar-refractivity contribution in [1.82, 2.24) is 5.32 Å². The van der Waals surface area contributed by atoms with Crippen LogP contribution in [0.15, 0.2) is 24.3 Å². The molecule has 0 radical (unpaired) electrons. The zero-order chi connectivity index (χ0) is 13.8. The fraction of sp³-hybridized carbons (Fsp3) is 0.429. The summed E-state index contributed by atoms with van der Waals surface area (Å²) in [4.78, 5) is 22.9. The third-order valence-electron chi connectivity index (χ3n) is 3.58. The van der Waals surface area contributed by atoms with E-state index in [0.29, 0.717) is 11.6 Å². The molecule has 102 valence electrons. The van der Waals surface area contributed by atoms with Crippen LogP contribution in [0.4, 0.5) is 10.5 Å². The van der Waals surface area contributed by atoms with Crippen molar-refractivity contribution < 1.29 is 14.7 Å². The monoisotopic (exact) mass is 262 g/mol. The summed E-state index contributed by atoms with van der Waals surface area (Å²) < 4.78 is 0. The minimum absolute atomic E-state index is 0.0946. The van der Waals surface area contributed by atoms with E-state index in [4.69, 9.17) is 5.11 Å². The molecule has 0 heterocycles. The van der Waals surface area contributed by atoms with E-state index in [1.54, 1.807) is 18.2 Å². The molecule has 1 aliphatic rings. The molecule has 0 saturated heterocycles. The number of para-hydroxylation sites is 1. The summed E-state index contributed by atoms with van der Waals surface area (Å²) in [6.45, 7) is 2.11. The second-order valence-corrected chi connectivity index (χ2v) is 4.96. The second-order valence-electron chi connectivity index (χ2n) is 4.96. The first-order valence-electron chi connectivity index (χ1n) is 6.48. The number of hydrogen-bond acceptors (Lipinski definition) is 2. The first-order valence-corrected chi connectivity index (χ1v) is 6.48. The fourth-order valence-corrected chi connectivity index (χ4v) is 2.47. The van der Waals surface area contributed by atoms with Crippen LogP contribution in [0.3, 0.4) is 0 Å². The lowest BCUT2D eigenvalue weighted by Crippen LogP contribution is -2.39. The molecule has 0 aliphatic heterocycles. The molecule has 1 aromatic carbocycles. The summed E-state index contributed by atoms with van der Waals surface area (Å²) in [5.74, 6) is -0.578. The van der Waals surface area contributed by atoms with Gasteiger partial charge < -0.3 is 15.7 Å². The van der Waals surface area contributed by atoms with Gasteiger partial charge in [-0.2, -0.15) is 0 Å². The Balaban J connectivity index is 2.01. The molecule has 2 amide bonds. The van der Waals surface area contributed by atoms with Crippen LogP contribution in [-0.4, -0.2) is 23.1 Å². The van der Waals surface area contributed by atoms with Crippen molar-refractivity contribution in [2.75, 3.05) is 5.32 Å². The number of carboxylic acids is 1. The van der Waals surface area contributed by atoms with Crippen LogP contribution >= 0.6 is 0 Å². The van der Waals surface area contributed by atoms with Crippen molar-refractivity contribution in [2.45, 2.75) is 32.2 Å². The lowest BCUT2D eigenvalue weighted by Gasteiger charge is -2.18. The molecule has 3 N–H and O–H groups in total. The van der Waals surface area contributed by atoms with Gasteiger partial charge in [0.2, 0.25) is 0 Å². The number of hydrogen-bond donors (Lipinski definition) is 3. The Morgan fingerprint density at radius 2 is 2.00 bits per heavy atom. The summed E-state index contributed by atoms with van der Waals surface area (Å²) in [5, 5.41) is 14.5. The van der Waals surface area contributed by atoms with E-state index in [2.05, 4.69) is 17.6 Å². The van der Waals surface area contributed by atoms with Gasteiger partial charge in [0.15, 0.2) is 0 Å². The maximum atomic E-state index is 11.9. The highest BCUT2D eigenvalue weighted by Gasteiger charge is 2.25. The maximum absolute atomic E-state index is 11.9. The zero-order valence-electron chi connectivity index (χ0n) is 10.8. The molecule has 2 rings (SSSR count). The summed E-state index contributed by atoms with van der Waals surface area (Å²) in [7, 11) is 0. The number of carbonyl (C=O) groups excluding carboxylic acids is 1. The van der Waals surface area contributed by atoms with E-state index in [1.807, 2.05) is 0 Å². The Morgan fingerprint density at radius 1 is 1.26 bits per heavy atom. The smallest absolute Gasteiger partial charge is 0.337 e. The molecule has 0 bridgehead atoms. The summed E-state index contributed by atoms with van der Waals surface area (Å²) in [6, 6.07) is 6.22. The number of anilines is 1. The Kier molecular flexibility index (Phi) is 4.04. The molecule has 5 heteroatoms. The minimum Gasteiger partial charge on any atom is -0.478 e. The number of carboxylic acid groups (broad SMARTS) is 1. The van der Waals surface area contributed by atoms with Gasteiger partial charge in [-0.15, -0.1) is 0 Å². The highest BCUT2D eigenvalue weighted by molar-refractivity contribution is 6.00. The first kappa shape index (κ1) is 13.4.